The molecule has 3 rings (SSSR count). The van der Waals surface area contributed by atoms with Crippen LogP contribution in [0.3, 0.4) is 0 Å². The topological polar surface area (TPSA) is 47.9 Å². The number of rotatable bonds is 6. The van der Waals surface area contributed by atoms with Crippen molar-refractivity contribution in [2.24, 2.45) is 4.99 Å². The molecule has 1 aliphatic heterocycles. The average molecular weight is 356 g/mol. The van der Waals surface area contributed by atoms with Crippen molar-refractivity contribution in [2.75, 3.05) is 6.61 Å². The van der Waals surface area contributed by atoms with Gasteiger partial charge in [0.15, 0.2) is 5.70 Å². The third kappa shape index (κ3) is 4.28. The SMILES string of the molecule is CCCCOc1ccc(C2=N/C(=C/c3ccccc3Cl)C(=O)O2)cc1. The molecule has 1 aliphatic rings. The lowest BCUT2D eigenvalue weighted by Gasteiger charge is -2.05. The summed E-state index contributed by atoms with van der Waals surface area (Å²) in [5, 5.41) is 0.556. The molecule has 0 radical (unpaired) electrons. The molecule has 25 heavy (non-hydrogen) atoms. The lowest BCUT2D eigenvalue weighted by Crippen LogP contribution is -2.05. The fourth-order valence-corrected chi connectivity index (χ4v) is 2.49. The molecule has 0 aliphatic carbocycles. The van der Waals surface area contributed by atoms with Crippen LogP contribution < -0.4 is 4.74 Å². The van der Waals surface area contributed by atoms with Crippen LogP contribution in [0, 0.1) is 0 Å². The predicted molar refractivity (Wildman–Crippen MR) is 98.9 cm³/mol. The second-order valence-electron chi connectivity index (χ2n) is 5.58. The monoisotopic (exact) mass is 355 g/mol. The number of aliphatic imine (C=N–C) groups is 1. The fraction of sp³-hybridized carbons (Fsp3) is 0.200. The first-order valence-corrected chi connectivity index (χ1v) is 8.55. The van der Waals surface area contributed by atoms with Gasteiger partial charge in [-0.3, -0.25) is 0 Å². The number of nitrogens with zero attached hydrogens (tertiary/aromatic N) is 1. The van der Waals surface area contributed by atoms with Gasteiger partial charge >= 0.3 is 5.97 Å². The summed E-state index contributed by atoms with van der Waals surface area (Å²) in [7, 11) is 0. The summed E-state index contributed by atoms with van der Waals surface area (Å²) in [5.41, 5.74) is 1.67. The van der Waals surface area contributed by atoms with Crippen molar-refractivity contribution in [2.45, 2.75) is 19.8 Å². The molecular formula is C20H18ClNO3. The van der Waals surface area contributed by atoms with Crippen molar-refractivity contribution in [1.82, 2.24) is 0 Å². The quantitative estimate of drug-likeness (QED) is 0.422. The Kier molecular flexibility index (Phi) is 5.51. The van der Waals surface area contributed by atoms with Gasteiger partial charge in [0.2, 0.25) is 5.90 Å². The molecule has 0 saturated carbocycles. The van der Waals surface area contributed by atoms with Gasteiger partial charge in [0, 0.05) is 10.6 Å². The molecule has 4 nitrogen and oxygen atoms in total. The molecule has 0 atom stereocenters. The van der Waals surface area contributed by atoms with Crippen LogP contribution in [-0.4, -0.2) is 18.5 Å². The maximum atomic E-state index is 12.0. The zero-order valence-electron chi connectivity index (χ0n) is 13.9. The second kappa shape index (κ2) is 7.99. The average Bonchev–Trinajstić information content (AvgIpc) is 2.98. The van der Waals surface area contributed by atoms with E-state index in [-0.39, 0.29) is 11.6 Å². The molecule has 0 saturated heterocycles. The van der Waals surface area contributed by atoms with Crippen LogP contribution in [0.2, 0.25) is 5.02 Å². The first-order chi connectivity index (χ1) is 12.2. The number of carbonyl (C=O) groups is 1. The minimum Gasteiger partial charge on any atom is -0.494 e. The van der Waals surface area contributed by atoms with E-state index in [1.165, 1.54) is 0 Å². The van der Waals surface area contributed by atoms with Crippen LogP contribution in [0.25, 0.3) is 6.08 Å². The Morgan fingerprint density at radius 2 is 1.92 bits per heavy atom. The van der Waals surface area contributed by atoms with E-state index in [0.29, 0.717) is 11.6 Å². The Labute approximate surface area is 151 Å². The number of hydrogen-bond donors (Lipinski definition) is 0. The normalized spacial score (nSPS) is 15.2. The van der Waals surface area contributed by atoms with E-state index in [2.05, 4.69) is 11.9 Å². The summed E-state index contributed by atoms with van der Waals surface area (Å²) >= 11 is 6.11. The first-order valence-electron chi connectivity index (χ1n) is 8.17. The minimum atomic E-state index is -0.488. The number of esters is 1. The van der Waals surface area contributed by atoms with Gasteiger partial charge in [-0.05, 0) is 48.4 Å². The Balaban J connectivity index is 1.77. The summed E-state index contributed by atoms with van der Waals surface area (Å²) in [6.45, 7) is 2.81. The summed E-state index contributed by atoms with van der Waals surface area (Å²) in [5.74, 6) is 0.579. The van der Waals surface area contributed by atoms with E-state index >= 15 is 0 Å². The molecule has 2 aromatic rings. The number of unbranched alkanes of at least 4 members (excludes halogenated alkanes) is 1. The molecule has 2 aromatic carbocycles. The van der Waals surface area contributed by atoms with E-state index in [1.54, 1.807) is 12.1 Å². The maximum Gasteiger partial charge on any atom is 0.363 e. The zero-order valence-corrected chi connectivity index (χ0v) is 14.6. The van der Waals surface area contributed by atoms with Crippen molar-refractivity contribution in [3.63, 3.8) is 0 Å². The van der Waals surface area contributed by atoms with E-state index in [4.69, 9.17) is 21.1 Å². The number of ether oxygens (including phenoxy) is 2. The molecule has 0 spiro atoms. The Bertz CT molecular complexity index is 825. The van der Waals surface area contributed by atoms with Crippen LogP contribution in [0.4, 0.5) is 0 Å². The standard InChI is InChI=1S/C20H18ClNO3/c1-2-3-12-24-16-10-8-14(9-11-16)19-22-18(20(23)25-19)13-15-6-4-5-7-17(15)21/h4-11,13H,2-3,12H2,1H3/b18-13+. The van der Waals surface area contributed by atoms with Crippen LogP contribution in [0.5, 0.6) is 5.75 Å². The lowest BCUT2D eigenvalue weighted by atomic mass is 10.2. The molecule has 0 bridgehead atoms. The van der Waals surface area contributed by atoms with Gasteiger partial charge in [-0.25, -0.2) is 9.79 Å². The highest BCUT2D eigenvalue weighted by molar-refractivity contribution is 6.32. The largest absolute Gasteiger partial charge is 0.494 e. The molecule has 128 valence electrons. The van der Waals surface area contributed by atoms with Gasteiger partial charge in [-0.1, -0.05) is 43.1 Å². The number of hydrogen-bond acceptors (Lipinski definition) is 4. The molecular weight excluding hydrogens is 338 g/mol. The number of carbonyl (C=O) groups excluding carboxylic acids is 1. The van der Waals surface area contributed by atoms with Gasteiger partial charge in [-0.2, -0.15) is 0 Å². The van der Waals surface area contributed by atoms with Crippen LogP contribution in [0.1, 0.15) is 30.9 Å². The van der Waals surface area contributed by atoms with Gasteiger partial charge in [0.05, 0.1) is 6.61 Å². The number of benzene rings is 2. The van der Waals surface area contributed by atoms with Gasteiger partial charge in [-0.15, -0.1) is 0 Å². The Morgan fingerprint density at radius 3 is 2.64 bits per heavy atom. The van der Waals surface area contributed by atoms with Crippen LogP contribution in [-0.2, 0) is 9.53 Å². The molecule has 5 heteroatoms. The molecule has 0 aromatic heterocycles. The van der Waals surface area contributed by atoms with Crippen LogP contribution in [0.15, 0.2) is 59.2 Å². The van der Waals surface area contributed by atoms with E-state index in [0.717, 1.165) is 29.7 Å². The molecule has 0 amide bonds. The maximum absolute atomic E-state index is 12.0. The highest BCUT2D eigenvalue weighted by atomic mass is 35.5. The van der Waals surface area contributed by atoms with Gasteiger partial charge in [0.25, 0.3) is 0 Å². The van der Waals surface area contributed by atoms with Crippen LogP contribution >= 0.6 is 11.6 Å². The van der Waals surface area contributed by atoms with Crippen molar-refractivity contribution in [3.05, 3.63) is 70.4 Å². The molecule has 1 heterocycles. The zero-order chi connectivity index (χ0) is 17.6. The number of cyclic esters (lactones) is 1. The molecule has 0 unspecified atom stereocenters. The summed E-state index contributed by atoms with van der Waals surface area (Å²) in [6.07, 6.45) is 3.73. The summed E-state index contributed by atoms with van der Waals surface area (Å²) in [4.78, 5) is 16.3. The Hall–Kier alpha value is -2.59. The van der Waals surface area contributed by atoms with Gasteiger partial charge < -0.3 is 9.47 Å². The highest BCUT2D eigenvalue weighted by Crippen LogP contribution is 2.23. The summed E-state index contributed by atoms with van der Waals surface area (Å²) in [6, 6.07) is 14.6. The van der Waals surface area contributed by atoms with Crippen molar-refractivity contribution < 1.29 is 14.3 Å². The third-order valence-corrected chi connectivity index (χ3v) is 4.03. The van der Waals surface area contributed by atoms with Gasteiger partial charge in [0.1, 0.15) is 5.75 Å². The summed E-state index contributed by atoms with van der Waals surface area (Å²) < 4.78 is 10.9. The third-order valence-electron chi connectivity index (χ3n) is 3.69. The lowest BCUT2D eigenvalue weighted by molar-refractivity contribution is -0.129. The first kappa shape index (κ1) is 17.2. The molecule has 0 fully saturated rings. The van der Waals surface area contributed by atoms with Crippen molar-refractivity contribution in [1.29, 1.82) is 0 Å². The molecule has 0 N–H and O–H groups in total. The smallest absolute Gasteiger partial charge is 0.363 e. The minimum absolute atomic E-state index is 0.228. The Morgan fingerprint density at radius 1 is 1.16 bits per heavy atom. The fourth-order valence-electron chi connectivity index (χ4n) is 2.30. The predicted octanol–water partition coefficient (Wildman–Crippen LogP) is 4.86. The van der Waals surface area contributed by atoms with E-state index < -0.39 is 5.97 Å². The van der Waals surface area contributed by atoms with Crippen molar-refractivity contribution in [3.8, 4) is 5.75 Å². The second-order valence-corrected chi connectivity index (χ2v) is 5.99. The highest BCUT2D eigenvalue weighted by Gasteiger charge is 2.24. The number of halogens is 1. The van der Waals surface area contributed by atoms with E-state index in [9.17, 15) is 4.79 Å². The van der Waals surface area contributed by atoms with E-state index in [1.807, 2.05) is 42.5 Å². The van der Waals surface area contributed by atoms with Crippen molar-refractivity contribution >= 4 is 29.5 Å².